The largest absolute Gasteiger partial charge is 0.493 e. The zero-order chi connectivity index (χ0) is 15.2. The Hall–Kier alpha value is -1.38. The molecular formula is C15H22N2O2S. The van der Waals surface area contributed by atoms with Gasteiger partial charge in [0.1, 0.15) is 0 Å². The van der Waals surface area contributed by atoms with Crippen molar-refractivity contribution in [3.8, 4) is 17.6 Å². The van der Waals surface area contributed by atoms with Gasteiger partial charge in [0.25, 0.3) is 0 Å². The average molecular weight is 294 g/mol. The number of thioether (sulfide) groups is 1. The fourth-order valence-electron chi connectivity index (χ4n) is 1.78. The van der Waals surface area contributed by atoms with Crippen LogP contribution in [-0.2, 0) is 6.54 Å². The lowest BCUT2D eigenvalue weighted by atomic mass is 9.96. The Kier molecular flexibility index (Phi) is 6.18. The van der Waals surface area contributed by atoms with Crippen LogP contribution in [-0.4, -0.2) is 27.0 Å². The number of benzene rings is 1. The zero-order valence-corrected chi connectivity index (χ0v) is 13.6. The molecule has 1 aromatic rings. The Balaban J connectivity index is 2.86. The second kappa shape index (κ2) is 7.41. The molecule has 0 atom stereocenters. The maximum absolute atomic E-state index is 9.01. The Morgan fingerprint density at radius 3 is 2.35 bits per heavy atom. The lowest BCUT2D eigenvalue weighted by Crippen LogP contribution is -2.27. The van der Waals surface area contributed by atoms with E-state index in [2.05, 4.69) is 11.4 Å². The van der Waals surface area contributed by atoms with Gasteiger partial charge in [-0.3, -0.25) is 0 Å². The van der Waals surface area contributed by atoms with Crippen molar-refractivity contribution in [1.29, 1.82) is 5.26 Å². The number of nitrogens with zero attached hydrogens (tertiary/aromatic N) is 1. The van der Waals surface area contributed by atoms with E-state index in [0.717, 1.165) is 22.0 Å². The molecule has 4 nitrogen and oxygen atoms in total. The van der Waals surface area contributed by atoms with Crippen LogP contribution in [0, 0.1) is 16.7 Å². The van der Waals surface area contributed by atoms with E-state index < -0.39 is 0 Å². The average Bonchev–Trinajstić information content (AvgIpc) is 2.46. The third-order valence-corrected chi connectivity index (χ3v) is 3.79. The Morgan fingerprint density at radius 2 is 1.85 bits per heavy atom. The molecule has 0 saturated carbocycles. The summed E-state index contributed by atoms with van der Waals surface area (Å²) in [7, 11) is 3.27. The predicted octanol–water partition coefficient (Wildman–Crippen LogP) is 3.07. The summed E-state index contributed by atoms with van der Waals surface area (Å²) >= 11 is 1.67. The van der Waals surface area contributed by atoms with Crippen molar-refractivity contribution >= 4 is 11.8 Å². The van der Waals surface area contributed by atoms with E-state index in [9.17, 15) is 0 Å². The van der Waals surface area contributed by atoms with Crippen LogP contribution in [0.2, 0.25) is 0 Å². The van der Waals surface area contributed by atoms with Crippen molar-refractivity contribution in [3.63, 3.8) is 0 Å². The van der Waals surface area contributed by atoms with Crippen LogP contribution >= 0.6 is 11.8 Å². The highest BCUT2D eigenvalue weighted by molar-refractivity contribution is 7.98. The summed E-state index contributed by atoms with van der Waals surface area (Å²) in [6, 6.07) is 6.25. The molecule has 0 spiro atoms. The molecule has 1 aromatic carbocycles. The van der Waals surface area contributed by atoms with E-state index >= 15 is 0 Å². The van der Waals surface area contributed by atoms with Crippen LogP contribution in [0.5, 0.6) is 11.5 Å². The van der Waals surface area contributed by atoms with Crippen LogP contribution in [0.4, 0.5) is 0 Å². The SMILES string of the molecule is COc1cc(CNCC(C)(C)C#N)c(SC)cc1OC. The summed E-state index contributed by atoms with van der Waals surface area (Å²) in [5.41, 5.74) is 0.777. The van der Waals surface area contributed by atoms with Crippen molar-refractivity contribution < 1.29 is 9.47 Å². The van der Waals surface area contributed by atoms with Gasteiger partial charge in [-0.15, -0.1) is 11.8 Å². The highest BCUT2D eigenvalue weighted by atomic mass is 32.2. The first kappa shape index (κ1) is 16.7. The summed E-state index contributed by atoms with van der Waals surface area (Å²) in [6.45, 7) is 5.18. The molecule has 0 radical (unpaired) electrons. The van der Waals surface area contributed by atoms with Gasteiger partial charge < -0.3 is 14.8 Å². The molecule has 0 aromatic heterocycles. The van der Waals surface area contributed by atoms with Crippen molar-refractivity contribution in [2.75, 3.05) is 27.0 Å². The molecule has 110 valence electrons. The molecule has 20 heavy (non-hydrogen) atoms. The molecule has 5 heteroatoms. The Morgan fingerprint density at radius 1 is 1.25 bits per heavy atom. The standard InChI is InChI=1S/C15H22N2O2S/c1-15(2,9-16)10-17-8-11-6-12(18-3)13(19-4)7-14(11)20-5/h6-7,17H,8,10H2,1-5H3. The smallest absolute Gasteiger partial charge is 0.161 e. The van der Waals surface area contributed by atoms with Gasteiger partial charge in [-0.2, -0.15) is 5.26 Å². The van der Waals surface area contributed by atoms with Crippen molar-refractivity contribution in [1.82, 2.24) is 5.32 Å². The van der Waals surface area contributed by atoms with Crippen LogP contribution in [0.1, 0.15) is 19.4 Å². The second-order valence-corrected chi connectivity index (χ2v) is 5.97. The number of hydrogen-bond donors (Lipinski definition) is 1. The first-order chi connectivity index (χ1) is 9.47. The summed E-state index contributed by atoms with van der Waals surface area (Å²) in [5.74, 6) is 1.46. The van der Waals surface area contributed by atoms with Crippen LogP contribution in [0.25, 0.3) is 0 Å². The van der Waals surface area contributed by atoms with Gasteiger partial charge in [0.15, 0.2) is 11.5 Å². The summed E-state index contributed by atoms with van der Waals surface area (Å²) in [5, 5.41) is 12.3. The predicted molar refractivity (Wildman–Crippen MR) is 82.4 cm³/mol. The Labute approximate surface area is 125 Å². The van der Waals surface area contributed by atoms with Crippen molar-refractivity contribution in [3.05, 3.63) is 17.7 Å². The molecule has 1 N–H and O–H groups in total. The lowest BCUT2D eigenvalue weighted by Gasteiger charge is -2.18. The fraction of sp³-hybridized carbons (Fsp3) is 0.533. The zero-order valence-electron chi connectivity index (χ0n) is 12.7. The molecule has 0 aliphatic rings. The molecule has 0 unspecified atom stereocenters. The van der Waals surface area contributed by atoms with Crippen molar-refractivity contribution in [2.24, 2.45) is 5.41 Å². The van der Waals surface area contributed by atoms with E-state index in [1.165, 1.54) is 0 Å². The van der Waals surface area contributed by atoms with Gasteiger partial charge >= 0.3 is 0 Å². The lowest BCUT2D eigenvalue weighted by molar-refractivity contribution is 0.353. The quantitative estimate of drug-likeness (QED) is 0.783. The number of nitriles is 1. The van der Waals surface area contributed by atoms with Gasteiger partial charge in [-0.25, -0.2) is 0 Å². The Bertz CT molecular complexity index is 495. The summed E-state index contributed by atoms with van der Waals surface area (Å²) in [4.78, 5) is 1.14. The fourth-order valence-corrected chi connectivity index (χ4v) is 2.40. The molecule has 0 aliphatic heterocycles. The minimum atomic E-state index is -0.365. The highest BCUT2D eigenvalue weighted by Gasteiger charge is 2.16. The molecule has 0 amide bonds. The number of ether oxygens (including phenoxy) is 2. The van der Waals surface area contributed by atoms with Gasteiger partial charge in [0.05, 0.1) is 25.7 Å². The third-order valence-electron chi connectivity index (χ3n) is 2.97. The van der Waals surface area contributed by atoms with Crippen LogP contribution in [0.15, 0.2) is 17.0 Å². The van der Waals surface area contributed by atoms with Crippen LogP contribution < -0.4 is 14.8 Å². The summed E-state index contributed by atoms with van der Waals surface area (Å²) < 4.78 is 10.6. The topological polar surface area (TPSA) is 54.3 Å². The molecule has 0 aliphatic carbocycles. The van der Waals surface area contributed by atoms with E-state index in [1.807, 2.05) is 32.2 Å². The normalized spacial score (nSPS) is 11.0. The van der Waals surface area contributed by atoms with E-state index in [4.69, 9.17) is 14.7 Å². The molecule has 0 heterocycles. The van der Waals surface area contributed by atoms with Crippen molar-refractivity contribution in [2.45, 2.75) is 25.3 Å². The maximum Gasteiger partial charge on any atom is 0.161 e. The second-order valence-electron chi connectivity index (χ2n) is 5.12. The van der Waals surface area contributed by atoms with E-state index in [0.29, 0.717) is 13.1 Å². The number of rotatable bonds is 7. The maximum atomic E-state index is 9.01. The molecule has 0 fully saturated rings. The van der Waals surface area contributed by atoms with Gasteiger partial charge in [-0.1, -0.05) is 0 Å². The minimum absolute atomic E-state index is 0.365. The first-order valence-electron chi connectivity index (χ1n) is 6.38. The van der Waals surface area contributed by atoms with Gasteiger partial charge in [-0.05, 0) is 37.8 Å². The molecule has 1 rings (SSSR count). The van der Waals surface area contributed by atoms with E-state index in [1.54, 1.807) is 26.0 Å². The van der Waals surface area contributed by atoms with Gasteiger partial charge in [0, 0.05) is 18.0 Å². The minimum Gasteiger partial charge on any atom is -0.493 e. The monoisotopic (exact) mass is 294 g/mol. The first-order valence-corrected chi connectivity index (χ1v) is 7.60. The number of hydrogen-bond acceptors (Lipinski definition) is 5. The third kappa shape index (κ3) is 4.32. The van der Waals surface area contributed by atoms with Crippen LogP contribution in [0.3, 0.4) is 0 Å². The van der Waals surface area contributed by atoms with Gasteiger partial charge in [0.2, 0.25) is 0 Å². The number of methoxy groups -OCH3 is 2. The molecule has 0 saturated heterocycles. The number of nitrogens with one attached hydrogen (secondary N) is 1. The summed E-state index contributed by atoms with van der Waals surface area (Å²) in [6.07, 6.45) is 2.03. The molecule has 0 bridgehead atoms. The molecular weight excluding hydrogens is 272 g/mol. The highest BCUT2D eigenvalue weighted by Crippen LogP contribution is 2.34. The van der Waals surface area contributed by atoms with E-state index in [-0.39, 0.29) is 5.41 Å².